The quantitative estimate of drug-likeness (QED) is 0.794. The maximum Gasteiger partial charge on any atom is 0.0715 e. The summed E-state index contributed by atoms with van der Waals surface area (Å²) >= 11 is 0. The molecule has 2 heteroatoms. The van der Waals surface area contributed by atoms with Crippen LogP contribution in [0.3, 0.4) is 0 Å². The van der Waals surface area contributed by atoms with Crippen LogP contribution in [0.1, 0.15) is 71.1 Å². The van der Waals surface area contributed by atoms with Gasteiger partial charge in [0.1, 0.15) is 0 Å². The Kier molecular flexibility index (Phi) is 4.14. The molecule has 0 bridgehead atoms. The van der Waals surface area contributed by atoms with Gasteiger partial charge >= 0.3 is 0 Å². The third-order valence-corrected chi connectivity index (χ3v) is 5.68. The smallest absolute Gasteiger partial charge is 0.0715 e. The van der Waals surface area contributed by atoms with Gasteiger partial charge < -0.3 is 10.8 Å². The summed E-state index contributed by atoms with van der Waals surface area (Å²) in [6.45, 7) is 2.75. The predicted octanol–water partition coefficient (Wildman–Crippen LogP) is 3.23. The van der Waals surface area contributed by atoms with Crippen LogP contribution in [0.4, 0.5) is 0 Å². The SMILES string of the molecule is CC(O)(C1CCCCC1)C1(CN)CCCCC1. The second-order valence-corrected chi connectivity index (χ2v) is 6.53. The van der Waals surface area contributed by atoms with E-state index in [1.807, 2.05) is 0 Å². The van der Waals surface area contributed by atoms with Crippen LogP contribution >= 0.6 is 0 Å². The van der Waals surface area contributed by atoms with Crippen LogP contribution in [0.15, 0.2) is 0 Å². The van der Waals surface area contributed by atoms with Crippen molar-refractivity contribution >= 4 is 0 Å². The Morgan fingerprint density at radius 2 is 1.59 bits per heavy atom. The lowest BCUT2D eigenvalue weighted by molar-refractivity contribution is -0.133. The molecule has 1 atom stereocenters. The molecule has 0 heterocycles. The molecule has 100 valence electrons. The number of hydrogen-bond acceptors (Lipinski definition) is 2. The van der Waals surface area contributed by atoms with Crippen molar-refractivity contribution in [3.63, 3.8) is 0 Å². The van der Waals surface area contributed by atoms with Crippen molar-refractivity contribution in [1.82, 2.24) is 0 Å². The summed E-state index contributed by atoms with van der Waals surface area (Å²) in [5, 5.41) is 11.1. The molecule has 2 saturated carbocycles. The van der Waals surface area contributed by atoms with Crippen molar-refractivity contribution in [1.29, 1.82) is 0 Å². The Balaban J connectivity index is 2.14. The number of hydrogen-bond donors (Lipinski definition) is 2. The van der Waals surface area contributed by atoms with Gasteiger partial charge in [0.05, 0.1) is 5.60 Å². The molecule has 2 nitrogen and oxygen atoms in total. The fraction of sp³-hybridized carbons (Fsp3) is 1.00. The van der Waals surface area contributed by atoms with Gasteiger partial charge in [0, 0.05) is 12.0 Å². The first-order chi connectivity index (χ1) is 8.12. The highest BCUT2D eigenvalue weighted by Crippen LogP contribution is 2.50. The third-order valence-electron chi connectivity index (χ3n) is 5.68. The highest BCUT2D eigenvalue weighted by Gasteiger charge is 2.50. The topological polar surface area (TPSA) is 46.2 Å². The largest absolute Gasteiger partial charge is 0.389 e. The summed E-state index contributed by atoms with van der Waals surface area (Å²) in [6, 6.07) is 0. The second kappa shape index (κ2) is 5.27. The molecule has 0 aromatic rings. The zero-order valence-electron chi connectivity index (χ0n) is 11.4. The van der Waals surface area contributed by atoms with Gasteiger partial charge in [-0.2, -0.15) is 0 Å². The standard InChI is InChI=1S/C15H29NO/c1-14(17,13-8-4-2-5-9-13)15(12-16)10-6-3-7-11-15/h13,17H,2-12,16H2,1H3. The summed E-state index contributed by atoms with van der Waals surface area (Å²) in [5.74, 6) is 0.484. The van der Waals surface area contributed by atoms with E-state index in [9.17, 15) is 5.11 Å². The van der Waals surface area contributed by atoms with E-state index in [2.05, 4.69) is 6.92 Å². The highest BCUT2D eigenvalue weighted by molar-refractivity contribution is 5.02. The van der Waals surface area contributed by atoms with Crippen LogP contribution in [-0.2, 0) is 0 Å². The Morgan fingerprint density at radius 3 is 2.12 bits per heavy atom. The fourth-order valence-electron chi connectivity index (χ4n) is 4.24. The Hall–Kier alpha value is -0.0800. The fourth-order valence-corrected chi connectivity index (χ4v) is 4.24. The van der Waals surface area contributed by atoms with Gasteiger partial charge in [-0.25, -0.2) is 0 Å². The van der Waals surface area contributed by atoms with Crippen molar-refractivity contribution in [2.75, 3.05) is 6.54 Å². The van der Waals surface area contributed by atoms with Crippen molar-refractivity contribution < 1.29 is 5.11 Å². The Morgan fingerprint density at radius 1 is 1.06 bits per heavy atom. The van der Waals surface area contributed by atoms with Gasteiger partial charge in [0.25, 0.3) is 0 Å². The van der Waals surface area contributed by atoms with Crippen molar-refractivity contribution in [3.8, 4) is 0 Å². The maximum absolute atomic E-state index is 11.1. The van der Waals surface area contributed by atoms with Crippen LogP contribution in [-0.4, -0.2) is 17.3 Å². The molecule has 0 aromatic heterocycles. The molecule has 1 unspecified atom stereocenters. The summed E-state index contributed by atoms with van der Waals surface area (Å²) in [6.07, 6.45) is 12.4. The maximum atomic E-state index is 11.1. The first-order valence-corrected chi connectivity index (χ1v) is 7.55. The molecular formula is C15H29NO. The average molecular weight is 239 g/mol. The molecule has 0 saturated heterocycles. The van der Waals surface area contributed by atoms with E-state index in [0.717, 1.165) is 12.8 Å². The van der Waals surface area contributed by atoms with Gasteiger partial charge in [-0.1, -0.05) is 38.5 Å². The molecule has 0 amide bonds. The number of rotatable bonds is 3. The van der Waals surface area contributed by atoms with Crippen LogP contribution in [0.5, 0.6) is 0 Å². The van der Waals surface area contributed by atoms with E-state index in [-0.39, 0.29) is 5.41 Å². The lowest BCUT2D eigenvalue weighted by atomic mass is 9.57. The van der Waals surface area contributed by atoms with Gasteiger partial charge in [-0.3, -0.25) is 0 Å². The minimum Gasteiger partial charge on any atom is -0.389 e. The van der Waals surface area contributed by atoms with Crippen LogP contribution in [0.2, 0.25) is 0 Å². The van der Waals surface area contributed by atoms with Crippen LogP contribution in [0, 0.1) is 11.3 Å². The lowest BCUT2D eigenvalue weighted by Crippen LogP contribution is -2.56. The highest BCUT2D eigenvalue weighted by atomic mass is 16.3. The zero-order valence-corrected chi connectivity index (χ0v) is 11.4. The number of nitrogens with two attached hydrogens (primary N) is 1. The summed E-state index contributed by atoms with van der Waals surface area (Å²) in [4.78, 5) is 0. The van der Waals surface area contributed by atoms with Crippen molar-refractivity contribution in [2.24, 2.45) is 17.1 Å². The van der Waals surface area contributed by atoms with E-state index >= 15 is 0 Å². The Bertz CT molecular complexity index is 237. The third kappa shape index (κ3) is 2.39. The molecule has 0 spiro atoms. The molecule has 2 rings (SSSR count). The summed E-state index contributed by atoms with van der Waals surface area (Å²) in [5.41, 5.74) is 5.54. The van der Waals surface area contributed by atoms with Crippen LogP contribution in [0.25, 0.3) is 0 Å². The van der Waals surface area contributed by atoms with Crippen molar-refractivity contribution in [3.05, 3.63) is 0 Å². The summed E-state index contributed by atoms with van der Waals surface area (Å²) in [7, 11) is 0. The number of aliphatic hydroxyl groups is 1. The normalized spacial score (nSPS) is 29.8. The molecule has 0 radical (unpaired) electrons. The predicted molar refractivity (Wildman–Crippen MR) is 71.8 cm³/mol. The minimum absolute atomic E-state index is 0.00720. The van der Waals surface area contributed by atoms with Gasteiger partial charge in [0.15, 0.2) is 0 Å². The first-order valence-electron chi connectivity index (χ1n) is 7.55. The molecule has 2 aliphatic carbocycles. The van der Waals surface area contributed by atoms with E-state index < -0.39 is 5.60 Å². The molecule has 0 aliphatic heterocycles. The van der Waals surface area contributed by atoms with Gasteiger partial charge in [-0.05, 0) is 38.5 Å². The summed E-state index contributed by atoms with van der Waals surface area (Å²) < 4.78 is 0. The molecular weight excluding hydrogens is 210 g/mol. The zero-order chi connectivity index (χ0) is 12.4. The lowest BCUT2D eigenvalue weighted by Gasteiger charge is -2.52. The van der Waals surface area contributed by atoms with E-state index in [1.54, 1.807) is 0 Å². The average Bonchev–Trinajstić information content (AvgIpc) is 2.40. The monoisotopic (exact) mass is 239 g/mol. The minimum atomic E-state index is -0.539. The molecule has 2 aliphatic rings. The van der Waals surface area contributed by atoms with E-state index in [0.29, 0.717) is 12.5 Å². The van der Waals surface area contributed by atoms with Crippen LogP contribution < -0.4 is 5.73 Å². The van der Waals surface area contributed by atoms with E-state index in [4.69, 9.17) is 5.73 Å². The van der Waals surface area contributed by atoms with Gasteiger partial charge in [0.2, 0.25) is 0 Å². The first kappa shape index (κ1) is 13.4. The Labute approximate surface area is 106 Å². The van der Waals surface area contributed by atoms with Gasteiger partial charge in [-0.15, -0.1) is 0 Å². The molecule has 0 aromatic carbocycles. The van der Waals surface area contributed by atoms with E-state index in [1.165, 1.54) is 51.4 Å². The molecule has 17 heavy (non-hydrogen) atoms. The van der Waals surface area contributed by atoms with Crippen molar-refractivity contribution in [2.45, 2.75) is 76.7 Å². The molecule has 3 N–H and O–H groups in total. The second-order valence-electron chi connectivity index (χ2n) is 6.53. The molecule has 2 fully saturated rings.